The van der Waals surface area contributed by atoms with Gasteiger partial charge in [0.15, 0.2) is 4.08 Å². The fraction of sp³-hybridized carbons (Fsp3) is 0.133. The second-order valence-electron chi connectivity index (χ2n) is 10.2. The van der Waals surface area contributed by atoms with Gasteiger partial charge >= 0.3 is 59.1 Å². The Kier molecular flexibility index (Phi) is 11.1. The van der Waals surface area contributed by atoms with E-state index in [2.05, 4.69) is 20.4 Å². The average molecular weight is 675 g/mol. The van der Waals surface area contributed by atoms with Crippen LogP contribution >= 0.6 is 0 Å². The zero-order valence-corrected chi connectivity index (χ0v) is 30.5. The molecule has 6 rings (SSSR count). The summed E-state index contributed by atoms with van der Waals surface area (Å²) in [5.74, 6) is -1.66. The Bertz CT molecular complexity index is 1960. The van der Waals surface area contributed by atoms with Crippen LogP contribution in [0.4, 0.5) is 0 Å². The number of rotatable bonds is 8. The van der Waals surface area contributed by atoms with Crippen molar-refractivity contribution in [3.8, 4) is 22.5 Å². The van der Waals surface area contributed by atoms with Gasteiger partial charge in [0.1, 0.15) is 31.6 Å². The van der Waals surface area contributed by atoms with Gasteiger partial charge in [-0.15, -0.1) is 9.59 Å². The zero-order valence-electron chi connectivity index (χ0n) is 24.9. The Labute approximate surface area is 310 Å². The van der Waals surface area contributed by atoms with Crippen LogP contribution in [0, 0.1) is 5.92 Å². The summed E-state index contributed by atoms with van der Waals surface area (Å²) in [5.41, 5.74) is 0.609. The van der Waals surface area contributed by atoms with E-state index >= 15 is 0 Å². The second-order valence-corrected chi connectivity index (χ2v) is 13.7. The van der Waals surface area contributed by atoms with Gasteiger partial charge in [-0.25, -0.2) is 16.8 Å². The molecular weight excluding hydrogens is 650 g/mol. The SMILES string of the molecule is O=S(=O)([O-])C1(S(=O)(=O)[O-])CC(n2ncc(-c3ccccc3)n2)(n2ncc(-c3ccccc3)n2)C=CC1C=Cc1ccccc1.[Na+].[Na+]. The Morgan fingerprint density at radius 1 is 0.696 bits per heavy atom. The molecule has 2 aromatic heterocycles. The summed E-state index contributed by atoms with van der Waals surface area (Å²) in [6.45, 7) is 0. The smallest absolute Gasteiger partial charge is 0.747 e. The molecule has 1 atom stereocenters. The van der Waals surface area contributed by atoms with E-state index in [1.165, 1.54) is 36.7 Å². The molecule has 0 saturated carbocycles. The fourth-order valence-electron chi connectivity index (χ4n) is 5.30. The molecule has 0 amide bonds. The maximum atomic E-state index is 13.1. The van der Waals surface area contributed by atoms with Gasteiger partial charge in [0.25, 0.3) is 0 Å². The summed E-state index contributed by atoms with van der Waals surface area (Å²) < 4.78 is 75.1. The van der Waals surface area contributed by atoms with E-state index in [0.29, 0.717) is 28.1 Å². The molecule has 1 unspecified atom stereocenters. The first-order chi connectivity index (χ1) is 21.0. The number of aromatic nitrogens is 6. The number of allylic oxidation sites excluding steroid dienone is 3. The first kappa shape index (κ1) is 36.1. The van der Waals surface area contributed by atoms with Crippen molar-refractivity contribution in [2.24, 2.45) is 5.92 Å². The van der Waals surface area contributed by atoms with Crippen molar-refractivity contribution in [2.45, 2.75) is 16.2 Å². The van der Waals surface area contributed by atoms with Crippen LogP contribution in [0.3, 0.4) is 0 Å². The molecule has 0 N–H and O–H groups in total. The van der Waals surface area contributed by atoms with E-state index in [0.717, 1.165) is 9.59 Å². The molecule has 46 heavy (non-hydrogen) atoms. The van der Waals surface area contributed by atoms with Crippen LogP contribution in [-0.4, -0.2) is 60.0 Å². The minimum absolute atomic E-state index is 0. The Hall–Kier alpha value is -2.76. The van der Waals surface area contributed by atoms with Crippen LogP contribution in [-0.2, 0) is 25.9 Å². The third-order valence-corrected chi connectivity index (χ3v) is 11.3. The average Bonchev–Trinajstić information content (AvgIpc) is 3.72. The van der Waals surface area contributed by atoms with Crippen molar-refractivity contribution in [3.05, 3.63) is 127 Å². The van der Waals surface area contributed by atoms with Gasteiger partial charge in [0.05, 0.1) is 12.4 Å². The molecular formula is C30H24N6Na2O6S2. The number of hydrogen-bond acceptors (Lipinski definition) is 10. The molecule has 0 fully saturated rings. The van der Waals surface area contributed by atoms with Gasteiger partial charge < -0.3 is 9.11 Å². The summed E-state index contributed by atoms with van der Waals surface area (Å²) >= 11 is 0. The van der Waals surface area contributed by atoms with E-state index in [9.17, 15) is 25.9 Å². The van der Waals surface area contributed by atoms with Crippen molar-refractivity contribution in [1.29, 1.82) is 0 Å². The predicted molar refractivity (Wildman–Crippen MR) is 159 cm³/mol. The molecule has 0 spiro atoms. The van der Waals surface area contributed by atoms with E-state index in [1.807, 2.05) is 12.1 Å². The Morgan fingerprint density at radius 2 is 1.13 bits per heavy atom. The summed E-state index contributed by atoms with van der Waals surface area (Å²) in [6.07, 6.45) is 6.96. The minimum Gasteiger partial charge on any atom is -0.747 e. The quantitative estimate of drug-likeness (QED) is 0.0971. The van der Waals surface area contributed by atoms with Gasteiger partial charge in [-0.05, 0) is 11.6 Å². The van der Waals surface area contributed by atoms with Gasteiger partial charge in [-0.1, -0.05) is 109 Å². The van der Waals surface area contributed by atoms with Crippen molar-refractivity contribution >= 4 is 26.3 Å². The molecule has 0 saturated heterocycles. The van der Waals surface area contributed by atoms with Crippen LogP contribution in [0.1, 0.15) is 12.0 Å². The Morgan fingerprint density at radius 3 is 1.57 bits per heavy atom. The largest absolute Gasteiger partial charge is 1.00 e. The molecule has 16 heteroatoms. The maximum absolute atomic E-state index is 13.1. The van der Waals surface area contributed by atoms with E-state index in [-0.39, 0.29) is 59.1 Å². The molecule has 0 bridgehead atoms. The maximum Gasteiger partial charge on any atom is 1.00 e. The minimum atomic E-state index is -5.87. The van der Waals surface area contributed by atoms with Gasteiger partial charge in [-0.2, -0.15) is 20.4 Å². The van der Waals surface area contributed by atoms with Crippen molar-refractivity contribution in [1.82, 2.24) is 30.0 Å². The van der Waals surface area contributed by atoms with Crippen molar-refractivity contribution in [2.75, 3.05) is 0 Å². The molecule has 1 aliphatic carbocycles. The van der Waals surface area contributed by atoms with Crippen LogP contribution < -0.4 is 59.1 Å². The standard InChI is InChI=1S/C30H26N6O6S2.2Na/c37-43(38,39)30(44(40,41)42)22-29(19-18-26(30)17-16-23-10-4-1-5-11-23,35-31-20-27(33-35)24-12-6-2-7-13-24)36-32-21-28(34-36)25-14-8-3-9-15-25;;/h1-21,26H,22H2,(H,37,38,39)(H,40,41,42);;/q;2*+1/p-2. The molecule has 5 aromatic rings. The van der Waals surface area contributed by atoms with E-state index in [4.69, 9.17) is 0 Å². The van der Waals surface area contributed by atoms with Crippen molar-refractivity contribution in [3.63, 3.8) is 0 Å². The third kappa shape index (κ3) is 6.65. The van der Waals surface area contributed by atoms with E-state index < -0.39 is 42.3 Å². The number of nitrogens with zero attached hydrogens (tertiary/aromatic N) is 6. The number of benzene rings is 3. The summed E-state index contributed by atoms with van der Waals surface area (Å²) in [5, 5.41) is 17.7. The summed E-state index contributed by atoms with van der Waals surface area (Å²) in [7, 11) is -11.7. The molecule has 224 valence electrons. The topological polar surface area (TPSA) is 176 Å². The van der Waals surface area contributed by atoms with Crippen molar-refractivity contribution < 1.29 is 85.1 Å². The molecule has 0 radical (unpaired) electrons. The van der Waals surface area contributed by atoms with Gasteiger partial charge in [-0.3, -0.25) is 0 Å². The molecule has 0 aliphatic heterocycles. The van der Waals surface area contributed by atoms with Crippen LogP contribution in [0.5, 0.6) is 0 Å². The molecule has 12 nitrogen and oxygen atoms in total. The monoisotopic (exact) mass is 674 g/mol. The van der Waals surface area contributed by atoms with Crippen LogP contribution in [0.25, 0.3) is 28.6 Å². The van der Waals surface area contributed by atoms with Gasteiger partial charge in [0.2, 0.25) is 5.66 Å². The van der Waals surface area contributed by atoms with Gasteiger partial charge in [0, 0.05) is 23.5 Å². The van der Waals surface area contributed by atoms with Crippen LogP contribution in [0.2, 0.25) is 0 Å². The third-order valence-electron chi connectivity index (χ3n) is 7.54. The fourth-order valence-corrected chi connectivity index (χ4v) is 8.06. The number of hydrogen-bond donors (Lipinski definition) is 0. The summed E-state index contributed by atoms with van der Waals surface area (Å²) in [4.78, 5) is 2.06. The van der Waals surface area contributed by atoms with E-state index in [1.54, 1.807) is 78.9 Å². The second kappa shape index (κ2) is 14.2. The molecule has 3 aromatic carbocycles. The molecule has 1 aliphatic rings. The van der Waals surface area contributed by atoms with Crippen LogP contribution in [0.15, 0.2) is 122 Å². The first-order valence-electron chi connectivity index (χ1n) is 13.3. The first-order valence-corrected chi connectivity index (χ1v) is 16.2. The molecule has 2 heterocycles. The predicted octanol–water partition coefficient (Wildman–Crippen LogP) is -2.51. The Balaban J connectivity index is 0.00000240. The normalized spacial score (nSPS) is 17.2. The summed E-state index contributed by atoms with van der Waals surface area (Å²) in [6, 6.07) is 26.5. The zero-order chi connectivity index (χ0) is 31.0.